The number of hydrogen-bond donors (Lipinski definition) is 0. The van der Waals surface area contributed by atoms with Crippen LogP contribution in [-0.2, 0) is 18.8 Å². The van der Waals surface area contributed by atoms with E-state index in [0.29, 0.717) is 0 Å². The van der Waals surface area contributed by atoms with Crippen LogP contribution in [0.4, 0.5) is 0 Å². The van der Waals surface area contributed by atoms with E-state index in [1.165, 1.54) is 7.11 Å². The average molecular weight is 290 g/mol. The van der Waals surface area contributed by atoms with Crippen LogP contribution >= 0.6 is 0 Å². The molecule has 1 aromatic carbocycles. The van der Waals surface area contributed by atoms with Gasteiger partial charge in [-0.25, -0.2) is 0 Å². The highest BCUT2D eigenvalue weighted by Crippen LogP contribution is 2.41. The lowest BCUT2D eigenvalue weighted by atomic mass is 9.66. The summed E-state index contributed by atoms with van der Waals surface area (Å²) in [5, 5.41) is 0. The van der Waals surface area contributed by atoms with E-state index in [1.54, 1.807) is 0 Å². The van der Waals surface area contributed by atoms with Crippen molar-refractivity contribution in [3.05, 3.63) is 35.9 Å². The van der Waals surface area contributed by atoms with Gasteiger partial charge < -0.3 is 14.0 Å². The maximum absolute atomic E-state index is 11.7. The van der Waals surface area contributed by atoms with Gasteiger partial charge in [0.2, 0.25) is 0 Å². The van der Waals surface area contributed by atoms with Gasteiger partial charge in [0.15, 0.2) is 0 Å². The molecular weight excluding hydrogens is 267 g/mol. The third kappa shape index (κ3) is 3.30. The Labute approximate surface area is 126 Å². The van der Waals surface area contributed by atoms with Crippen molar-refractivity contribution in [3.8, 4) is 0 Å². The number of benzene rings is 1. The molecule has 0 aliphatic carbocycles. The normalized spacial score (nSPS) is 21.1. The molecule has 1 aliphatic heterocycles. The Hall–Kier alpha value is -1.33. The van der Waals surface area contributed by atoms with Gasteiger partial charge in [-0.3, -0.25) is 4.79 Å². The van der Waals surface area contributed by atoms with Crippen molar-refractivity contribution in [2.45, 2.75) is 51.1 Å². The summed E-state index contributed by atoms with van der Waals surface area (Å²) in [6.07, 6.45) is 0.233. The van der Waals surface area contributed by atoms with Gasteiger partial charge in [-0.15, -0.1) is 0 Å². The number of carbonyl (C=O) groups is 1. The van der Waals surface area contributed by atoms with Crippen LogP contribution < -0.4 is 0 Å². The lowest BCUT2D eigenvalue weighted by Gasteiger charge is -2.32. The second-order valence-electron chi connectivity index (χ2n) is 6.42. The first-order valence-electron chi connectivity index (χ1n) is 7.24. The molecule has 0 amide bonds. The minimum Gasteiger partial charge on any atom is -0.469 e. The molecule has 0 N–H and O–H groups in total. The first-order valence-corrected chi connectivity index (χ1v) is 7.24. The minimum atomic E-state index is -0.462. The molecule has 0 bridgehead atoms. The van der Waals surface area contributed by atoms with Crippen molar-refractivity contribution in [2.75, 3.05) is 7.11 Å². The Balaban J connectivity index is 2.27. The highest BCUT2D eigenvalue weighted by Gasteiger charge is 2.54. The Kier molecular flexibility index (Phi) is 4.44. The van der Waals surface area contributed by atoms with Crippen molar-refractivity contribution in [1.29, 1.82) is 0 Å². The summed E-state index contributed by atoms with van der Waals surface area (Å²) in [6.45, 7) is 8.03. The van der Waals surface area contributed by atoms with Crippen LogP contribution in [0, 0.1) is 0 Å². The molecule has 0 saturated carbocycles. The van der Waals surface area contributed by atoms with E-state index < -0.39 is 18.3 Å². The largest absolute Gasteiger partial charge is 0.469 e. The van der Waals surface area contributed by atoms with E-state index in [2.05, 4.69) is 0 Å². The molecule has 1 aromatic rings. The number of hydrogen-bond acceptors (Lipinski definition) is 4. The molecule has 1 aliphatic rings. The molecule has 5 heteroatoms. The SMILES string of the molecule is COC(=O)C[C@H](B1OC(C)(C)C(C)(C)O1)c1ccccc1. The fourth-order valence-corrected chi connectivity index (χ4v) is 2.39. The number of methoxy groups -OCH3 is 1. The van der Waals surface area contributed by atoms with E-state index in [-0.39, 0.29) is 18.2 Å². The van der Waals surface area contributed by atoms with Crippen LogP contribution in [-0.4, -0.2) is 31.4 Å². The van der Waals surface area contributed by atoms with Crippen molar-refractivity contribution in [2.24, 2.45) is 0 Å². The lowest BCUT2D eigenvalue weighted by molar-refractivity contribution is -0.140. The third-order valence-electron chi connectivity index (χ3n) is 4.44. The van der Waals surface area contributed by atoms with Crippen molar-refractivity contribution in [1.82, 2.24) is 0 Å². The fourth-order valence-electron chi connectivity index (χ4n) is 2.39. The van der Waals surface area contributed by atoms with E-state index in [4.69, 9.17) is 14.0 Å². The molecule has 1 heterocycles. The average Bonchev–Trinajstić information content (AvgIpc) is 2.65. The molecule has 0 radical (unpaired) electrons. The van der Waals surface area contributed by atoms with Crippen molar-refractivity contribution in [3.63, 3.8) is 0 Å². The van der Waals surface area contributed by atoms with Crippen LogP contribution in [0.25, 0.3) is 0 Å². The monoisotopic (exact) mass is 290 g/mol. The Morgan fingerprint density at radius 3 is 2.14 bits per heavy atom. The molecular formula is C16H23BO4. The molecule has 114 valence electrons. The second kappa shape index (κ2) is 5.81. The van der Waals surface area contributed by atoms with Crippen LogP contribution in [0.3, 0.4) is 0 Å². The summed E-state index contributed by atoms with van der Waals surface area (Å²) in [5.41, 5.74) is 0.183. The summed E-state index contributed by atoms with van der Waals surface area (Å²) in [6, 6.07) is 9.82. The summed E-state index contributed by atoms with van der Waals surface area (Å²) < 4.78 is 17.0. The maximum Gasteiger partial charge on any atom is 0.466 e. The van der Waals surface area contributed by atoms with E-state index >= 15 is 0 Å². The van der Waals surface area contributed by atoms with Gasteiger partial charge in [0, 0.05) is 5.82 Å². The summed E-state index contributed by atoms with van der Waals surface area (Å²) in [5.74, 6) is -0.446. The van der Waals surface area contributed by atoms with Crippen LogP contribution in [0.2, 0.25) is 0 Å². The minimum absolute atomic E-state index is 0.181. The third-order valence-corrected chi connectivity index (χ3v) is 4.44. The first kappa shape index (κ1) is 16.1. The Morgan fingerprint density at radius 2 is 1.67 bits per heavy atom. The summed E-state index contributed by atoms with van der Waals surface area (Å²) >= 11 is 0. The van der Waals surface area contributed by atoms with Gasteiger partial charge in [0.1, 0.15) is 0 Å². The van der Waals surface area contributed by atoms with Crippen molar-refractivity contribution >= 4 is 13.1 Å². The predicted molar refractivity (Wildman–Crippen MR) is 81.9 cm³/mol. The summed E-state index contributed by atoms with van der Waals surface area (Å²) in [4.78, 5) is 11.7. The zero-order valence-corrected chi connectivity index (χ0v) is 13.4. The molecule has 1 saturated heterocycles. The van der Waals surface area contributed by atoms with Gasteiger partial charge >= 0.3 is 13.1 Å². The van der Waals surface area contributed by atoms with Crippen LogP contribution in [0.15, 0.2) is 30.3 Å². The maximum atomic E-state index is 11.7. The topological polar surface area (TPSA) is 44.8 Å². The Morgan fingerprint density at radius 1 is 1.14 bits per heavy atom. The number of ether oxygens (including phenoxy) is 1. The highest BCUT2D eigenvalue weighted by atomic mass is 16.7. The number of carbonyl (C=O) groups excluding carboxylic acids is 1. The molecule has 21 heavy (non-hydrogen) atoms. The van der Waals surface area contributed by atoms with E-state index in [1.807, 2.05) is 58.0 Å². The zero-order valence-electron chi connectivity index (χ0n) is 13.4. The Bertz CT molecular complexity index is 482. The fraction of sp³-hybridized carbons (Fsp3) is 0.562. The lowest BCUT2D eigenvalue weighted by Crippen LogP contribution is -2.41. The number of rotatable bonds is 4. The molecule has 0 unspecified atom stereocenters. The van der Waals surface area contributed by atoms with Gasteiger partial charge in [-0.05, 0) is 33.3 Å². The predicted octanol–water partition coefficient (Wildman–Crippen LogP) is 2.96. The van der Waals surface area contributed by atoms with Crippen LogP contribution in [0.1, 0.15) is 45.5 Å². The van der Waals surface area contributed by atoms with Gasteiger partial charge in [0.25, 0.3) is 0 Å². The standard InChI is InChI=1S/C16H23BO4/c1-15(2)16(3,4)21-17(20-15)13(11-14(18)19-5)12-9-7-6-8-10-12/h6-10,13H,11H2,1-5H3/t13-/m0/s1. The van der Waals surface area contributed by atoms with Gasteiger partial charge in [0.05, 0.1) is 24.7 Å². The van der Waals surface area contributed by atoms with Gasteiger partial charge in [-0.1, -0.05) is 30.3 Å². The van der Waals surface area contributed by atoms with E-state index in [9.17, 15) is 4.79 Å². The second-order valence-corrected chi connectivity index (χ2v) is 6.42. The molecule has 2 rings (SSSR count). The molecule has 1 atom stereocenters. The molecule has 1 fully saturated rings. The quantitative estimate of drug-likeness (QED) is 0.631. The zero-order chi connectivity index (χ0) is 15.7. The molecule has 4 nitrogen and oxygen atoms in total. The van der Waals surface area contributed by atoms with Crippen LogP contribution in [0.5, 0.6) is 0 Å². The number of esters is 1. The molecule has 0 spiro atoms. The highest BCUT2D eigenvalue weighted by molar-refractivity contribution is 6.48. The van der Waals surface area contributed by atoms with Gasteiger partial charge in [-0.2, -0.15) is 0 Å². The first-order chi connectivity index (χ1) is 9.77. The summed E-state index contributed by atoms with van der Waals surface area (Å²) in [7, 11) is 0.936. The van der Waals surface area contributed by atoms with Crippen molar-refractivity contribution < 1.29 is 18.8 Å². The molecule has 0 aromatic heterocycles. The smallest absolute Gasteiger partial charge is 0.466 e. The van der Waals surface area contributed by atoms with E-state index in [0.717, 1.165) is 5.56 Å².